The summed E-state index contributed by atoms with van der Waals surface area (Å²) >= 11 is 0. The van der Waals surface area contributed by atoms with Crippen LogP contribution < -0.4 is 15.0 Å². The molecule has 0 aromatic carbocycles. The normalized spacial score (nSPS) is 16.7. The van der Waals surface area contributed by atoms with Gasteiger partial charge in [-0.15, -0.1) is 0 Å². The van der Waals surface area contributed by atoms with E-state index in [2.05, 4.69) is 17.2 Å². The molecule has 1 aromatic heterocycles. The second kappa shape index (κ2) is 14.7. The number of anilines is 1. The van der Waals surface area contributed by atoms with E-state index in [1.54, 1.807) is 0 Å². The number of nitrogens with zero attached hydrogens (tertiary/aromatic N) is 2. The lowest BCUT2D eigenvalue weighted by atomic mass is 10.1. The number of hydrogen-bond acceptors (Lipinski definition) is 6. The third kappa shape index (κ3) is 11.4. The Kier molecular flexibility index (Phi) is 12.3. The van der Waals surface area contributed by atoms with Gasteiger partial charge in [0.2, 0.25) is 5.88 Å². The van der Waals surface area contributed by atoms with Gasteiger partial charge in [-0.3, -0.25) is 0 Å². The third-order valence-corrected chi connectivity index (χ3v) is 6.43. The van der Waals surface area contributed by atoms with Crippen LogP contribution in [0.25, 0.3) is 0 Å². The molecule has 2 aliphatic rings. The van der Waals surface area contributed by atoms with Crippen LogP contribution in [0.4, 0.5) is 14.5 Å². The topological polar surface area (TPSA) is 94.9 Å². The van der Waals surface area contributed by atoms with Gasteiger partial charge in [-0.25, -0.2) is 18.6 Å². The average Bonchev–Trinajstić information content (AvgIpc) is 3.65. The highest BCUT2D eigenvalue weighted by Gasteiger charge is 2.45. The summed E-state index contributed by atoms with van der Waals surface area (Å²) in [6, 6.07) is 2.78. The van der Waals surface area contributed by atoms with Gasteiger partial charge < -0.3 is 25.2 Å². The predicted molar refractivity (Wildman–Crippen MR) is 138 cm³/mol. The van der Waals surface area contributed by atoms with Gasteiger partial charge in [0.1, 0.15) is 5.69 Å². The van der Waals surface area contributed by atoms with Crippen LogP contribution in [0.2, 0.25) is 0 Å². The largest absolute Gasteiger partial charge is 0.477 e. The number of aromatic carboxylic acids is 1. The van der Waals surface area contributed by atoms with Gasteiger partial charge in [0.05, 0.1) is 26.3 Å². The van der Waals surface area contributed by atoms with E-state index in [9.17, 15) is 13.6 Å². The van der Waals surface area contributed by atoms with Crippen LogP contribution in [0, 0.1) is 5.92 Å². The summed E-state index contributed by atoms with van der Waals surface area (Å²) in [6.07, 6.45) is 13.0. The van der Waals surface area contributed by atoms with Crippen LogP contribution in [-0.4, -0.2) is 65.5 Å². The van der Waals surface area contributed by atoms with Crippen molar-refractivity contribution < 1.29 is 28.5 Å². The highest BCUT2D eigenvalue weighted by atomic mass is 19.3. The number of aromatic nitrogens is 1. The Labute approximate surface area is 214 Å². The van der Waals surface area contributed by atoms with Crippen molar-refractivity contribution in [3.63, 3.8) is 0 Å². The number of rotatable bonds is 16. The molecule has 0 amide bonds. The van der Waals surface area contributed by atoms with Crippen LogP contribution in [0.5, 0.6) is 5.88 Å². The molecule has 36 heavy (non-hydrogen) atoms. The summed E-state index contributed by atoms with van der Waals surface area (Å²) in [4.78, 5) is 16.3. The fourth-order valence-corrected chi connectivity index (χ4v) is 3.80. The number of hydrogen-bond donors (Lipinski definition) is 3. The van der Waals surface area contributed by atoms with Crippen LogP contribution in [0.1, 0.15) is 95.5 Å². The first kappa shape index (κ1) is 30.2. The second-order valence-corrected chi connectivity index (χ2v) is 10.7. The highest BCUT2D eigenvalue weighted by molar-refractivity contribution is 5.86. The van der Waals surface area contributed by atoms with Gasteiger partial charge in [-0.2, -0.15) is 0 Å². The van der Waals surface area contributed by atoms with E-state index < -0.39 is 11.9 Å². The minimum atomic E-state index is -2.70. The van der Waals surface area contributed by atoms with Gasteiger partial charge in [-0.05, 0) is 57.7 Å². The number of nitrogens with one attached hydrogen (secondary N) is 1. The molecule has 3 rings (SSSR count). The fourth-order valence-electron chi connectivity index (χ4n) is 3.80. The Morgan fingerprint density at radius 2 is 1.75 bits per heavy atom. The number of carbonyl (C=O) groups is 1. The summed E-state index contributed by atoms with van der Waals surface area (Å²) < 4.78 is 31.4. The maximum absolute atomic E-state index is 12.9. The Morgan fingerprint density at radius 3 is 2.28 bits per heavy atom. The summed E-state index contributed by atoms with van der Waals surface area (Å²) in [6.45, 7) is 7.26. The number of carboxylic acids is 1. The Bertz CT molecular complexity index is 795. The zero-order valence-corrected chi connectivity index (χ0v) is 22.2. The molecule has 0 bridgehead atoms. The van der Waals surface area contributed by atoms with Crippen LogP contribution in [0.3, 0.4) is 0 Å². The van der Waals surface area contributed by atoms with E-state index >= 15 is 0 Å². The van der Waals surface area contributed by atoms with Crippen molar-refractivity contribution in [1.82, 2.24) is 10.3 Å². The Hall–Kier alpha value is -2.00. The van der Waals surface area contributed by atoms with Crippen molar-refractivity contribution in [2.24, 2.45) is 5.92 Å². The monoisotopic (exact) mass is 513 g/mol. The lowest BCUT2D eigenvalue weighted by molar-refractivity contribution is -0.0265. The molecule has 2 heterocycles. The molecule has 0 unspecified atom stereocenters. The molecule has 2 fully saturated rings. The van der Waals surface area contributed by atoms with Crippen molar-refractivity contribution in [3.05, 3.63) is 17.8 Å². The fraction of sp³-hybridized carbons (Fsp3) is 0.778. The lowest BCUT2D eigenvalue weighted by Crippen LogP contribution is -2.56. The quantitative estimate of drug-likeness (QED) is 0.251. The maximum Gasteiger partial charge on any atom is 0.354 e. The minimum absolute atomic E-state index is 0.110. The van der Waals surface area contributed by atoms with Crippen molar-refractivity contribution in [2.45, 2.75) is 96.4 Å². The van der Waals surface area contributed by atoms with Gasteiger partial charge in [-0.1, -0.05) is 51.9 Å². The molecule has 7 nitrogen and oxygen atoms in total. The Morgan fingerprint density at radius 1 is 1.14 bits per heavy atom. The molecule has 1 saturated heterocycles. The maximum atomic E-state index is 12.9. The van der Waals surface area contributed by atoms with E-state index in [0.717, 1.165) is 19.4 Å². The molecule has 3 N–H and O–H groups in total. The third-order valence-electron chi connectivity index (χ3n) is 6.43. The summed E-state index contributed by atoms with van der Waals surface area (Å²) in [5.74, 6) is -3.26. The zero-order chi connectivity index (χ0) is 26.6. The number of aliphatic hydroxyl groups excluding tert-OH is 1. The number of ether oxygens (including phenoxy) is 1. The smallest absolute Gasteiger partial charge is 0.354 e. The van der Waals surface area contributed by atoms with E-state index in [1.807, 2.05) is 13.8 Å². The van der Waals surface area contributed by atoms with Gasteiger partial charge in [0, 0.05) is 5.54 Å². The molecule has 1 saturated carbocycles. The first-order chi connectivity index (χ1) is 17.1. The number of pyridine rings is 1. The summed E-state index contributed by atoms with van der Waals surface area (Å²) in [5.41, 5.74) is 0.176. The van der Waals surface area contributed by atoms with E-state index in [0.29, 0.717) is 18.2 Å². The molecule has 1 aromatic rings. The molecule has 206 valence electrons. The number of carboxylic acid groups (broad SMARTS) is 1. The van der Waals surface area contributed by atoms with Crippen molar-refractivity contribution in [3.8, 4) is 5.88 Å². The zero-order valence-electron chi connectivity index (χ0n) is 22.2. The summed E-state index contributed by atoms with van der Waals surface area (Å²) in [5, 5.41) is 21.4. The molecular formula is C27H45F2N3O4. The van der Waals surface area contributed by atoms with E-state index in [1.165, 1.54) is 68.4 Å². The molecule has 0 radical (unpaired) electrons. The lowest BCUT2D eigenvalue weighted by Gasteiger charge is -2.40. The van der Waals surface area contributed by atoms with E-state index in [4.69, 9.17) is 14.9 Å². The highest BCUT2D eigenvalue weighted by Crippen LogP contribution is 2.37. The van der Waals surface area contributed by atoms with Crippen LogP contribution in [0.15, 0.2) is 12.1 Å². The molecular weight excluding hydrogens is 468 g/mol. The second-order valence-electron chi connectivity index (χ2n) is 10.7. The molecule has 1 aliphatic carbocycles. The van der Waals surface area contributed by atoms with Gasteiger partial charge >= 0.3 is 5.97 Å². The minimum Gasteiger partial charge on any atom is -0.477 e. The number of alkyl halides is 2. The van der Waals surface area contributed by atoms with Crippen molar-refractivity contribution in [1.29, 1.82) is 0 Å². The first-order valence-corrected chi connectivity index (χ1v) is 13.4. The van der Waals surface area contributed by atoms with Crippen LogP contribution in [-0.2, 0) is 0 Å². The van der Waals surface area contributed by atoms with E-state index in [-0.39, 0.29) is 36.8 Å². The van der Waals surface area contributed by atoms with Crippen LogP contribution >= 0.6 is 0 Å². The number of halogens is 2. The Balaban J connectivity index is 0.000000262. The standard InChI is InChI=1S/C14H31NO.C13H14F2N2O3/c1-4-5-6-7-8-9-10-11-12-15-14(2,3)13-16;14-13(15)6-17(7-13)10-4-3-9(12(18)19)16-11(10)20-5-8-1-2-8/h15-16H,4-13H2,1-3H3;3-4,8H,1-2,5-7H2,(H,18,19). The van der Waals surface area contributed by atoms with Crippen molar-refractivity contribution >= 4 is 11.7 Å². The first-order valence-electron chi connectivity index (χ1n) is 13.4. The SMILES string of the molecule is CCCCCCCCCCNC(C)(C)CO.O=C(O)c1ccc(N2CC(F)(F)C2)c(OCC2CC2)n1. The molecule has 1 aliphatic heterocycles. The summed E-state index contributed by atoms with van der Waals surface area (Å²) in [7, 11) is 0. The molecule has 0 spiro atoms. The molecule has 9 heteroatoms. The number of aliphatic hydroxyl groups is 1. The molecule has 0 atom stereocenters. The van der Waals surface area contributed by atoms with Gasteiger partial charge in [0.25, 0.3) is 5.92 Å². The van der Waals surface area contributed by atoms with Gasteiger partial charge in [0.15, 0.2) is 5.69 Å². The van der Waals surface area contributed by atoms with Crippen molar-refractivity contribution in [2.75, 3.05) is 37.7 Å². The predicted octanol–water partition coefficient (Wildman–Crippen LogP) is 5.51. The average molecular weight is 514 g/mol. The number of unbranched alkanes of at least 4 members (excludes halogenated alkanes) is 7.